The monoisotopic (exact) mass is 168 g/mol. The molecule has 4 nitrogen and oxygen atoms in total. The molecule has 12 heavy (non-hydrogen) atoms. The number of carbonyl (C=O) groups is 2. The van der Waals surface area contributed by atoms with Gasteiger partial charge in [0.15, 0.2) is 0 Å². The first kappa shape index (κ1) is 7.58. The highest BCUT2D eigenvalue weighted by atomic mass is 16.2. The van der Waals surface area contributed by atoms with Crippen molar-refractivity contribution in [2.24, 2.45) is 5.92 Å². The Bertz CT molecular complexity index is 223. The Balaban J connectivity index is 1.91. The molecule has 0 aromatic rings. The highest BCUT2D eigenvalue weighted by Crippen LogP contribution is 2.16. The summed E-state index contributed by atoms with van der Waals surface area (Å²) in [5.74, 6) is 0.0753. The maximum Gasteiger partial charge on any atom is 0.227 e. The average Bonchev–Trinajstić information content (AvgIpc) is 2.31. The van der Waals surface area contributed by atoms with Crippen molar-refractivity contribution in [3.8, 4) is 0 Å². The van der Waals surface area contributed by atoms with Gasteiger partial charge in [-0.25, -0.2) is 0 Å². The van der Waals surface area contributed by atoms with E-state index in [1.165, 1.54) is 0 Å². The van der Waals surface area contributed by atoms with E-state index in [1.54, 1.807) is 0 Å². The minimum Gasteiger partial charge on any atom is -0.355 e. The van der Waals surface area contributed by atoms with Crippen molar-refractivity contribution in [2.75, 3.05) is 19.6 Å². The van der Waals surface area contributed by atoms with E-state index in [4.69, 9.17) is 0 Å². The van der Waals surface area contributed by atoms with Crippen LogP contribution in [0.1, 0.15) is 12.8 Å². The molecule has 0 aliphatic carbocycles. The predicted octanol–water partition coefficient (Wildman–Crippen LogP) is -0.645. The Kier molecular flexibility index (Phi) is 1.75. The molecule has 2 rings (SSSR count). The van der Waals surface area contributed by atoms with Crippen molar-refractivity contribution in [1.82, 2.24) is 10.2 Å². The third-order valence-corrected chi connectivity index (χ3v) is 2.49. The molecular weight excluding hydrogens is 156 g/mol. The summed E-state index contributed by atoms with van der Waals surface area (Å²) < 4.78 is 0. The molecule has 0 aromatic heterocycles. The molecule has 0 radical (unpaired) electrons. The molecule has 2 amide bonds. The second kappa shape index (κ2) is 2.77. The number of nitrogens with zero attached hydrogens (tertiary/aromatic N) is 1. The highest BCUT2D eigenvalue weighted by Gasteiger charge is 2.33. The van der Waals surface area contributed by atoms with Gasteiger partial charge in [0.25, 0.3) is 0 Å². The molecule has 1 N–H and O–H groups in total. The van der Waals surface area contributed by atoms with Gasteiger partial charge in [0, 0.05) is 26.1 Å². The molecule has 66 valence electrons. The normalized spacial score (nSPS) is 28.2. The van der Waals surface area contributed by atoms with Gasteiger partial charge >= 0.3 is 0 Å². The van der Waals surface area contributed by atoms with Gasteiger partial charge in [0.1, 0.15) is 0 Å². The summed E-state index contributed by atoms with van der Waals surface area (Å²) in [6.07, 6.45) is 1.50. The first-order valence-electron chi connectivity index (χ1n) is 4.33. The van der Waals surface area contributed by atoms with Gasteiger partial charge in [-0.3, -0.25) is 9.59 Å². The van der Waals surface area contributed by atoms with Crippen molar-refractivity contribution in [3.63, 3.8) is 0 Å². The number of rotatable bonds is 1. The summed E-state index contributed by atoms with van der Waals surface area (Å²) in [4.78, 5) is 24.1. The van der Waals surface area contributed by atoms with Crippen LogP contribution >= 0.6 is 0 Å². The topological polar surface area (TPSA) is 49.4 Å². The maximum atomic E-state index is 11.5. The summed E-state index contributed by atoms with van der Waals surface area (Å²) in [5.41, 5.74) is 0. The minimum absolute atomic E-state index is 0.00822. The van der Waals surface area contributed by atoms with Crippen molar-refractivity contribution < 1.29 is 9.59 Å². The van der Waals surface area contributed by atoms with Crippen LogP contribution in [0.3, 0.4) is 0 Å². The molecule has 2 fully saturated rings. The summed E-state index contributed by atoms with van der Waals surface area (Å²) in [6.45, 7) is 2.29. The van der Waals surface area contributed by atoms with Gasteiger partial charge in [-0.1, -0.05) is 0 Å². The van der Waals surface area contributed by atoms with Crippen LogP contribution in [0.4, 0.5) is 0 Å². The molecular formula is C8H12N2O2. The van der Waals surface area contributed by atoms with E-state index in [0.29, 0.717) is 13.0 Å². The van der Waals surface area contributed by atoms with Crippen LogP contribution in [0.25, 0.3) is 0 Å². The SMILES string of the molecule is O=C1CC(C(=O)N2CCC2)CN1. The first-order valence-corrected chi connectivity index (χ1v) is 4.33. The highest BCUT2D eigenvalue weighted by molar-refractivity contribution is 5.89. The van der Waals surface area contributed by atoms with Crippen LogP contribution in [0.15, 0.2) is 0 Å². The van der Waals surface area contributed by atoms with E-state index in [9.17, 15) is 9.59 Å². The van der Waals surface area contributed by atoms with Crippen LogP contribution in [-0.4, -0.2) is 36.3 Å². The Hall–Kier alpha value is -1.06. The molecule has 2 heterocycles. The lowest BCUT2D eigenvalue weighted by atomic mass is 10.0. The van der Waals surface area contributed by atoms with Crippen LogP contribution in [-0.2, 0) is 9.59 Å². The largest absolute Gasteiger partial charge is 0.355 e. The molecule has 4 heteroatoms. The molecule has 1 unspecified atom stereocenters. The smallest absolute Gasteiger partial charge is 0.227 e. The molecule has 0 saturated carbocycles. The van der Waals surface area contributed by atoms with Gasteiger partial charge in [0.2, 0.25) is 11.8 Å². The zero-order valence-corrected chi connectivity index (χ0v) is 6.88. The van der Waals surface area contributed by atoms with E-state index in [0.717, 1.165) is 19.5 Å². The quantitative estimate of drug-likeness (QED) is 0.566. The molecule has 1 atom stereocenters. The fourth-order valence-electron chi connectivity index (χ4n) is 1.57. The summed E-state index contributed by atoms with van der Waals surface area (Å²) in [7, 11) is 0. The van der Waals surface area contributed by atoms with Crippen LogP contribution < -0.4 is 5.32 Å². The van der Waals surface area contributed by atoms with Crippen molar-refractivity contribution in [1.29, 1.82) is 0 Å². The Morgan fingerprint density at radius 3 is 2.67 bits per heavy atom. The average molecular weight is 168 g/mol. The van der Waals surface area contributed by atoms with Gasteiger partial charge in [-0.15, -0.1) is 0 Å². The second-order valence-corrected chi connectivity index (χ2v) is 3.38. The lowest BCUT2D eigenvalue weighted by Crippen LogP contribution is -2.45. The number of nitrogens with one attached hydrogen (secondary N) is 1. The Labute approximate surface area is 70.9 Å². The standard InChI is InChI=1S/C8H12N2O2/c11-7-4-6(5-9-7)8(12)10-2-1-3-10/h6H,1-5H2,(H,9,11). The third kappa shape index (κ3) is 1.17. The predicted molar refractivity (Wildman–Crippen MR) is 42.3 cm³/mol. The number of amides is 2. The van der Waals surface area contributed by atoms with Crippen LogP contribution in [0, 0.1) is 5.92 Å². The number of carbonyl (C=O) groups excluding carboxylic acids is 2. The van der Waals surface area contributed by atoms with Gasteiger partial charge in [0.05, 0.1) is 5.92 Å². The second-order valence-electron chi connectivity index (χ2n) is 3.38. The van der Waals surface area contributed by atoms with Gasteiger partial charge in [-0.2, -0.15) is 0 Å². The lowest BCUT2D eigenvalue weighted by Gasteiger charge is -2.32. The first-order chi connectivity index (χ1) is 5.77. The van der Waals surface area contributed by atoms with Crippen molar-refractivity contribution in [2.45, 2.75) is 12.8 Å². The molecule has 0 spiro atoms. The molecule has 0 aromatic carbocycles. The molecule has 0 bridgehead atoms. The van der Waals surface area contributed by atoms with E-state index in [2.05, 4.69) is 5.32 Å². The lowest BCUT2D eigenvalue weighted by molar-refractivity contribution is -0.139. The van der Waals surface area contributed by atoms with E-state index in [-0.39, 0.29) is 17.7 Å². The summed E-state index contributed by atoms with van der Waals surface area (Å²) in [6, 6.07) is 0. The molecule has 2 aliphatic rings. The fraction of sp³-hybridized carbons (Fsp3) is 0.750. The van der Waals surface area contributed by atoms with Crippen LogP contribution in [0.5, 0.6) is 0 Å². The summed E-state index contributed by atoms with van der Waals surface area (Å²) >= 11 is 0. The maximum absolute atomic E-state index is 11.5. The van der Waals surface area contributed by atoms with Gasteiger partial charge in [-0.05, 0) is 6.42 Å². The van der Waals surface area contributed by atoms with Crippen molar-refractivity contribution >= 4 is 11.8 Å². The van der Waals surface area contributed by atoms with E-state index < -0.39 is 0 Å². The molecule has 2 saturated heterocycles. The number of hydrogen-bond acceptors (Lipinski definition) is 2. The zero-order valence-electron chi connectivity index (χ0n) is 6.88. The molecule has 2 aliphatic heterocycles. The van der Waals surface area contributed by atoms with Crippen molar-refractivity contribution in [3.05, 3.63) is 0 Å². The van der Waals surface area contributed by atoms with E-state index >= 15 is 0 Å². The number of hydrogen-bond donors (Lipinski definition) is 1. The van der Waals surface area contributed by atoms with E-state index in [1.807, 2.05) is 4.90 Å². The Morgan fingerprint density at radius 1 is 1.50 bits per heavy atom. The zero-order chi connectivity index (χ0) is 8.55. The van der Waals surface area contributed by atoms with Crippen LogP contribution in [0.2, 0.25) is 0 Å². The minimum atomic E-state index is -0.0854. The number of likely N-dealkylation sites (tertiary alicyclic amines) is 1. The van der Waals surface area contributed by atoms with Gasteiger partial charge < -0.3 is 10.2 Å². The Morgan fingerprint density at radius 2 is 2.25 bits per heavy atom. The third-order valence-electron chi connectivity index (χ3n) is 2.49. The summed E-state index contributed by atoms with van der Waals surface area (Å²) in [5, 5.41) is 2.67. The fourth-order valence-corrected chi connectivity index (χ4v) is 1.57.